The summed E-state index contributed by atoms with van der Waals surface area (Å²) in [6.07, 6.45) is 7.84. The molecule has 0 unspecified atom stereocenters. The molecular weight excluding hydrogens is 450 g/mol. The quantitative estimate of drug-likeness (QED) is 0.532. The number of rotatable bonds is 6. The van der Waals surface area contributed by atoms with E-state index in [0.29, 0.717) is 19.8 Å². The van der Waals surface area contributed by atoms with E-state index in [1.54, 1.807) is 6.33 Å². The lowest BCUT2D eigenvalue weighted by molar-refractivity contribution is -0.0611. The second kappa shape index (κ2) is 8.25. The molecule has 186 valence electrons. The number of carbonyl (C=O) groups excluding carboxylic acids is 1. The van der Waals surface area contributed by atoms with Gasteiger partial charge in [0.05, 0.1) is 19.8 Å². The minimum absolute atomic E-state index is 0.115. The largest absolute Gasteiger partial charge is 0.379 e. The maximum absolute atomic E-state index is 13.7. The van der Waals surface area contributed by atoms with Gasteiger partial charge < -0.3 is 14.2 Å². The van der Waals surface area contributed by atoms with Gasteiger partial charge in [-0.1, -0.05) is 18.2 Å². The number of amides is 1. The van der Waals surface area contributed by atoms with E-state index in [4.69, 9.17) is 4.74 Å². The summed E-state index contributed by atoms with van der Waals surface area (Å²) in [5.41, 5.74) is 6.57. The van der Waals surface area contributed by atoms with Gasteiger partial charge in [-0.25, -0.2) is 0 Å². The van der Waals surface area contributed by atoms with E-state index in [1.165, 1.54) is 47.9 Å². The molecule has 7 heteroatoms. The average molecular weight is 484 g/mol. The van der Waals surface area contributed by atoms with Crippen LogP contribution < -0.4 is 4.90 Å². The molecule has 0 radical (unpaired) electrons. The van der Waals surface area contributed by atoms with Gasteiger partial charge in [0, 0.05) is 48.8 Å². The molecule has 36 heavy (non-hydrogen) atoms. The molecule has 0 atom stereocenters. The highest BCUT2D eigenvalue weighted by atomic mass is 16.5. The van der Waals surface area contributed by atoms with Crippen molar-refractivity contribution in [3.05, 3.63) is 76.4 Å². The maximum atomic E-state index is 13.7. The summed E-state index contributed by atoms with van der Waals surface area (Å²) < 4.78 is 7.65. The van der Waals surface area contributed by atoms with Gasteiger partial charge in [-0.3, -0.25) is 9.69 Å². The van der Waals surface area contributed by atoms with Gasteiger partial charge in [-0.05, 0) is 73.1 Å². The fourth-order valence-corrected chi connectivity index (χ4v) is 6.95. The summed E-state index contributed by atoms with van der Waals surface area (Å²) in [6, 6.07) is 14.4. The number of hydrogen-bond donors (Lipinski definition) is 0. The molecule has 7 rings (SSSR count). The Labute approximate surface area is 212 Å². The van der Waals surface area contributed by atoms with Gasteiger partial charge in [0.1, 0.15) is 12.2 Å². The Balaban J connectivity index is 1.16. The molecule has 0 aliphatic carbocycles. The number of hydrogen-bond acceptors (Lipinski definition) is 5. The number of aromatic nitrogens is 3. The number of carbonyl (C=O) groups is 1. The summed E-state index contributed by atoms with van der Waals surface area (Å²) in [5, 5.41) is 8.35. The van der Waals surface area contributed by atoms with E-state index in [2.05, 4.69) is 58.4 Å². The molecule has 0 N–H and O–H groups in total. The number of anilines is 1. The first-order chi connectivity index (χ1) is 17.5. The Morgan fingerprint density at radius 2 is 1.86 bits per heavy atom. The summed E-state index contributed by atoms with van der Waals surface area (Å²) in [5.74, 6) is 1.06. The third kappa shape index (κ3) is 3.44. The summed E-state index contributed by atoms with van der Waals surface area (Å²) in [4.78, 5) is 18.3. The van der Waals surface area contributed by atoms with Gasteiger partial charge in [0.25, 0.3) is 5.91 Å². The van der Waals surface area contributed by atoms with Crippen LogP contribution in [0.1, 0.15) is 64.1 Å². The summed E-state index contributed by atoms with van der Waals surface area (Å²) in [7, 11) is 1.98. The lowest BCUT2D eigenvalue weighted by atomic mass is 9.75. The smallest absolute Gasteiger partial charge is 0.258 e. The summed E-state index contributed by atoms with van der Waals surface area (Å²) >= 11 is 0. The number of fused-ring (bicyclic) bond motifs is 3. The van der Waals surface area contributed by atoms with Crippen LogP contribution in [0.25, 0.3) is 0 Å². The molecular formula is C29H33N5O2. The van der Waals surface area contributed by atoms with Gasteiger partial charge in [-0.15, -0.1) is 10.2 Å². The van der Waals surface area contributed by atoms with E-state index in [9.17, 15) is 4.79 Å². The van der Waals surface area contributed by atoms with Gasteiger partial charge >= 0.3 is 0 Å². The fraction of sp³-hybridized carbons (Fsp3) is 0.483. The zero-order valence-corrected chi connectivity index (χ0v) is 21.1. The molecule has 0 spiro atoms. The molecule has 3 saturated heterocycles. The van der Waals surface area contributed by atoms with Crippen LogP contribution in [-0.2, 0) is 36.7 Å². The highest BCUT2D eigenvalue weighted by Gasteiger charge is 2.43. The van der Waals surface area contributed by atoms with Crippen molar-refractivity contribution in [3.8, 4) is 0 Å². The average Bonchev–Trinajstić information content (AvgIpc) is 3.62. The number of benzene rings is 2. The van der Waals surface area contributed by atoms with Crippen molar-refractivity contribution in [1.29, 1.82) is 0 Å². The van der Waals surface area contributed by atoms with Gasteiger partial charge in [-0.2, -0.15) is 0 Å². The molecule has 2 aromatic carbocycles. The third-order valence-electron chi connectivity index (χ3n) is 9.12. The highest BCUT2D eigenvalue weighted by molar-refractivity contribution is 6.10. The molecule has 1 aromatic heterocycles. The Kier molecular flexibility index (Phi) is 5.08. The van der Waals surface area contributed by atoms with Crippen LogP contribution in [0.15, 0.2) is 42.7 Å². The zero-order chi connectivity index (χ0) is 24.4. The van der Waals surface area contributed by atoms with Crippen molar-refractivity contribution >= 4 is 11.6 Å². The molecule has 4 aliphatic rings. The predicted octanol–water partition coefficient (Wildman–Crippen LogP) is 3.92. The standard InChI is InChI=1S/C29H33N5O2/c1-19-10-20(14-33-22-6-7-23(33)9-8-22)11-25-26(19)15-34(28(25)35)24-5-3-4-21(12-24)29(16-36-17-29)13-27-31-30-18-32(27)2/h3-5,10-12,18,22-23H,6-9,13-17H2,1-2H3. The first-order valence-electron chi connectivity index (χ1n) is 13.2. The Bertz CT molecular complexity index is 1320. The third-order valence-corrected chi connectivity index (χ3v) is 9.12. The van der Waals surface area contributed by atoms with E-state index in [1.807, 2.05) is 16.5 Å². The van der Waals surface area contributed by atoms with Crippen LogP contribution in [-0.4, -0.2) is 50.9 Å². The minimum Gasteiger partial charge on any atom is -0.379 e. The molecule has 7 nitrogen and oxygen atoms in total. The van der Waals surface area contributed by atoms with Crippen LogP contribution in [0.5, 0.6) is 0 Å². The van der Waals surface area contributed by atoms with Crippen molar-refractivity contribution in [2.45, 2.75) is 69.6 Å². The lowest BCUT2D eigenvalue weighted by Gasteiger charge is -2.42. The monoisotopic (exact) mass is 483 g/mol. The second-order valence-corrected chi connectivity index (χ2v) is 11.3. The van der Waals surface area contributed by atoms with Crippen LogP contribution in [0.2, 0.25) is 0 Å². The molecule has 3 fully saturated rings. The first kappa shape index (κ1) is 22.2. The summed E-state index contributed by atoms with van der Waals surface area (Å²) in [6.45, 7) is 5.06. The predicted molar refractivity (Wildman–Crippen MR) is 137 cm³/mol. The van der Waals surface area contributed by atoms with Crippen LogP contribution in [0.4, 0.5) is 5.69 Å². The maximum Gasteiger partial charge on any atom is 0.258 e. The van der Waals surface area contributed by atoms with Crippen LogP contribution in [0.3, 0.4) is 0 Å². The normalized spacial score (nSPS) is 24.4. The topological polar surface area (TPSA) is 63.5 Å². The van der Waals surface area contributed by atoms with Crippen molar-refractivity contribution in [1.82, 2.24) is 19.7 Å². The van der Waals surface area contributed by atoms with E-state index >= 15 is 0 Å². The Hall–Kier alpha value is -3.03. The molecule has 5 heterocycles. The number of ether oxygens (including phenoxy) is 1. The van der Waals surface area contributed by atoms with Crippen molar-refractivity contribution in [2.75, 3.05) is 18.1 Å². The van der Waals surface area contributed by atoms with Crippen molar-refractivity contribution < 1.29 is 9.53 Å². The van der Waals surface area contributed by atoms with E-state index in [0.717, 1.165) is 42.1 Å². The van der Waals surface area contributed by atoms with Crippen molar-refractivity contribution in [3.63, 3.8) is 0 Å². The fourth-order valence-electron chi connectivity index (χ4n) is 6.95. The Morgan fingerprint density at radius 3 is 2.53 bits per heavy atom. The van der Waals surface area contributed by atoms with E-state index < -0.39 is 0 Å². The zero-order valence-electron chi connectivity index (χ0n) is 21.1. The molecule has 2 bridgehead atoms. The highest BCUT2D eigenvalue weighted by Crippen LogP contribution is 2.41. The van der Waals surface area contributed by atoms with E-state index in [-0.39, 0.29) is 11.3 Å². The first-order valence-corrected chi connectivity index (χ1v) is 13.2. The molecule has 1 amide bonds. The number of aryl methyl sites for hydroxylation is 2. The second-order valence-electron chi connectivity index (χ2n) is 11.3. The van der Waals surface area contributed by atoms with Crippen LogP contribution >= 0.6 is 0 Å². The molecule has 4 aliphatic heterocycles. The van der Waals surface area contributed by atoms with Gasteiger partial charge in [0.15, 0.2) is 0 Å². The molecule has 3 aromatic rings. The lowest BCUT2D eigenvalue weighted by Crippen LogP contribution is -2.49. The van der Waals surface area contributed by atoms with Gasteiger partial charge in [0.2, 0.25) is 0 Å². The Morgan fingerprint density at radius 1 is 1.08 bits per heavy atom. The van der Waals surface area contributed by atoms with Crippen LogP contribution in [0, 0.1) is 6.92 Å². The SMILES string of the molecule is Cc1cc(CN2C3CCC2CC3)cc2c1CN(c1cccc(C3(Cc4nncn4C)COC3)c1)C2=O. The van der Waals surface area contributed by atoms with Crippen molar-refractivity contribution in [2.24, 2.45) is 7.05 Å². The number of nitrogens with zero attached hydrogens (tertiary/aromatic N) is 5. The minimum atomic E-state index is -0.134. The molecule has 0 saturated carbocycles.